The molecular formula is C23H37N5O. The third-order valence-electron chi connectivity index (χ3n) is 6.09. The zero-order valence-corrected chi connectivity index (χ0v) is 17.8. The fourth-order valence-corrected chi connectivity index (χ4v) is 4.34. The first-order valence-corrected chi connectivity index (χ1v) is 11.3. The highest BCUT2D eigenvalue weighted by Gasteiger charge is 2.21. The van der Waals surface area contributed by atoms with E-state index in [4.69, 9.17) is 0 Å². The molecule has 6 heteroatoms. The van der Waals surface area contributed by atoms with Crippen LogP contribution in [-0.2, 0) is 11.3 Å². The molecule has 29 heavy (non-hydrogen) atoms. The predicted octanol–water partition coefficient (Wildman–Crippen LogP) is 2.51. The van der Waals surface area contributed by atoms with Crippen LogP contribution in [0, 0.1) is 5.92 Å². The summed E-state index contributed by atoms with van der Waals surface area (Å²) in [6.45, 7) is 4.57. The third-order valence-corrected chi connectivity index (χ3v) is 6.09. The molecule has 2 aliphatic rings. The molecule has 1 aromatic carbocycles. The minimum absolute atomic E-state index is 0.222. The fraction of sp³-hybridized carbons (Fsp3) is 0.652. The lowest BCUT2D eigenvalue weighted by Gasteiger charge is -2.33. The van der Waals surface area contributed by atoms with Crippen LogP contribution in [-0.4, -0.2) is 56.0 Å². The number of nitrogens with one attached hydrogen (secondary N) is 3. The summed E-state index contributed by atoms with van der Waals surface area (Å²) in [5.74, 6) is 1.28. The summed E-state index contributed by atoms with van der Waals surface area (Å²) < 4.78 is 0. The van der Waals surface area contributed by atoms with Crippen LogP contribution in [0.4, 0.5) is 0 Å². The van der Waals surface area contributed by atoms with E-state index in [0.717, 1.165) is 51.3 Å². The molecule has 3 N–H and O–H groups in total. The number of hydrogen-bond acceptors (Lipinski definition) is 3. The number of nitrogens with zero attached hydrogens (tertiary/aromatic N) is 2. The molecule has 160 valence electrons. The molecule has 0 bridgehead atoms. The molecule has 1 aliphatic heterocycles. The highest BCUT2D eigenvalue weighted by Crippen LogP contribution is 2.23. The first kappa shape index (κ1) is 21.6. The van der Waals surface area contributed by atoms with Crippen LogP contribution in [0.15, 0.2) is 35.3 Å². The molecule has 0 spiro atoms. The zero-order chi connectivity index (χ0) is 20.3. The Labute approximate surface area is 175 Å². The molecule has 0 aromatic heterocycles. The SMILES string of the molecule is CN=C(NCCNC(=O)C1CCCCC1)NC1CCN(Cc2ccccc2)CC1. The molecule has 6 nitrogen and oxygen atoms in total. The van der Waals surface area contributed by atoms with Crippen molar-refractivity contribution in [3.05, 3.63) is 35.9 Å². The molecule has 3 rings (SSSR count). The number of aliphatic imine (C=N–C) groups is 1. The second-order valence-corrected chi connectivity index (χ2v) is 8.31. The van der Waals surface area contributed by atoms with E-state index in [2.05, 4.69) is 56.2 Å². The summed E-state index contributed by atoms with van der Waals surface area (Å²) in [7, 11) is 1.81. The molecule has 1 amide bonds. The summed E-state index contributed by atoms with van der Waals surface area (Å²) in [5.41, 5.74) is 1.38. The summed E-state index contributed by atoms with van der Waals surface area (Å²) in [4.78, 5) is 19.1. The summed E-state index contributed by atoms with van der Waals surface area (Å²) in [5, 5.41) is 9.95. The van der Waals surface area contributed by atoms with Crippen LogP contribution in [0.25, 0.3) is 0 Å². The molecule has 0 radical (unpaired) electrons. The maximum Gasteiger partial charge on any atom is 0.223 e. The van der Waals surface area contributed by atoms with Crippen LogP contribution >= 0.6 is 0 Å². The Morgan fingerprint density at radius 2 is 1.69 bits per heavy atom. The number of rotatable bonds is 7. The lowest BCUT2D eigenvalue weighted by Crippen LogP contribution is -2.49. The molecular weight excluding hydrogens is 362 g/mol. The van der Waals surface area contributed by atoms with Gasteiger partial charge in [-0.3, -0.25) is 14.7 Å². The van der Waals surface area contributed by atoms with E-state index in [9.17, 15) is 4.79 Å². The second-order valence-electron chi connectivity index (χ2n) is 8.31. The van der Waals surface area contributed by atoms with Gasteiger partial charge in [0.2, 0.25) is 5.91 Å². The van der Waals surface area contributed by atoms with Gasteiger partial charge in [-0.2, -0.15) is 0 Å². The lowest BCUT2D eigenvalue weighted by molar-refractivity contribution is -0.125. The molecule has 1 aliphatic carbocycles. The number of carbonyl (C=O) groups excluding carboxylic acids is 1. The molecule has 1 aromatic rings. The highest BCUT2D eigenvalue weighted by molar-refractivity contribution is 5.80. The number of guanidine groups is 1. The van der Waals surface area contributed by atoms with E-state index >= 15 is 0 Å². The largest absolute Gasteiger partial charge is 0.355 e. The van der Waals surface area contributed by atoms with Crippen molar-refractivity contribution in [2.75, 3.05) is 33.2 Å². The topological polar surface area (TPSA) is 68.8 Å². The molecule has 1 saturated carbocycles. The average molecular weight is 400 g/mol. The highest BCUT2D eigenvalue weighted by atomic mass is 16.1. The van der Waals surface area contributed by atoms with Crippen LogP contribution in [0.2, 0.25) is 0 Å². The first-order valence-electron chi connectivity index (χ1n) is 11.3. The summed E-state index contributed by atoms with van der Waals surface area (Å²) in [6, 6.07) is 11.1. The maximum absolute atomic E-state index is 12.2. The van der Waals surface area contributed by atoms with E-state index < -0.39 is 0 Å². The predicted molar refractivity (Wildman–Crippen MR) is 119 cm³/mol. The van der Waals surface area contributed by atoms with Gasteiger partial charge in [0.1, 0.15) is 0 Å². The van der Waals surface area contributed by atoms with Gasteiger partial charge in [0.15, 0.2) is 5.96 Å². The van der Waals surface area contributed by atoms with Gasteiger partial charge < -0.3 is 16.0 Å². The fourth-order valence-electron chi connectivity index (χ4n) is 4.34. The first-order chi connectivity index (χ1) is 14.2. The molecule has 0 unspecified atom stereocenters. The minimum Gasteiger partial charge on any atom is -0.355 e. The minimum atomic E-state index is 0.222. The van der Waals surface area contributed by atoms with Gasteiger partial charge in [0.05, 0.1) is 0 Å². The van der Waals surface area contributed by atoms with Gasteiger partial charge in [-0.05, 0) is 31.2 Å². The third kappa shape index (κ3) is 7.35. The van der Waals surface area contributed by atoms with Gasteiger partial charge in [-0.25, -0.2) is 0 Å². The van der Waals surface area contributed by atoms with Crippen molar-refractivity contribution in [3.63, 3.8) is 0 Å². The number of hydrogen-bond donors (Lipinski definition) is 3. The number of carbonyl (C=O) groups is 1. The van der Waals surface area contributed by atoms with Crippen molar-refractivity contribution < 1.29 is 4.79 Å². The molecule has 1 saturated heterocycles. The maximum atomic E-state index is 12.2. The quantitative estimate of drug-likeness (QED) is 0.374. The van der Waals surface area contributed by atoms with Gasteiger partial charge in [-0.15, -0.1) is 0 Å². The Hall–Kier alpha value is -2.08. The zero-order valence-electron chi connectivity index (χ0n) is 17.8. The summed E-state index contributed by atoms with van der Waals surface area (Å²) >= 11 is 0. The van der Waals surface area contributed by atoms with Gasteiger partial charge in [0.25, 0.3) is 0 Å². The van der Waals surface area contributed by atoms with E-state index in [1.54, 1.807) is 7.05 Å². The molecule has 0 atom stereocenters. The van der Waals surface area contributed by atoms with Crippen molar-refractivity contribution >= 4 is 11.9 Å². The van der Waals surface area contributed by atoms with E-state index in [1.165, 1.54) is 24.8 Å². The van der Waals surface area contributed by atoms with E-state index in [0.29, 0.717) is 19.1 Å². The van der Waals surface area contributed by atoms with Gasteiger partial charge >= 0.3 is 0 Å². The number of benzene rings is 1. The van der Waals surface area contributed by atoms with Crippen LogP contribution in [0.5, 0.6) is 0 Å². The van der Waals surface area contributed by atoms with Crippen LogP contribution in [0.1, 0.15) is 50.5 Å². The van der Waals surface area contributed by atoms with Crippen molar-refractivity contribution in [3.8, 4) is 0 Å². The number of piperidine rings is 1. The van der Waals surface area contributed by atoms with Crippen LogP contribution < -0.4 is 16.0 Å². The number of likely N-dealkylation sites (tertiary alicyclic amines) is 1. The Morgan fingerprint density at radius 1 is 1.00 bits per heavy atom. The smallest absolute Gasteiger partial charge is 0.223 e. The van der Waals surface area contributed by atoms with E-state index in [-0.39, 0.29) is 11.8 Å². The normalized spacial score (nSPS) is 19.7. The van der Waals surface area contributed by atoms with Crippen LogP contribution in [0.3, 0.4) is 0 Å². The Morgan fingerprint density at radius 3 is 2.38 bits per heavy atom. The Balaban J connectivity index is 1.29. The Bertz CT molecular complexity index is 634. The number of amides is 1. The average Bonchev–Trinajstić information content (AvgIpc) is 2.78. The van der Waals surface area contributed by atoms with Crippen molar-refractivity contribution in [1.82, 2.24) is 20.9 Å². The van der Waals surface area contributed by atoms with Crippen molar-refractivity contribution in [2.24, 2.45) is 10.9 Å². The van der Waals surface area contributed by atoms with Crippen molar-refractivity contribution in [1.29, 1.82) is 0 Å². The standard InChI is InChI=1S/C23H37N5O/c1-24-23(26-15-14-25-22(29)20-10-6-3-7-11-20)27-21-12-16-28(17-13-21)18-19-8-4-2-5-9-19/h2,4-5,8-9,20-21H,3,6-7,10-18H2,1H3,(H,25,29)(H2,24,26,27). The van der Waals surface area contributed by atoms with Gasteiger partial charge in [-0.1, -0.05) is 49.6 Å². The summed E-state index contributed by atoms with van der Waals surface area (Å²) in [6.07, 6.45) is 7.99. The molecule has 2 fully saturated rings. The van der Waals surface area contributed by atoms with Crippen molar-refractivity contribution in [2.45, 2.75) is 57.5 Å². The van der Waals surface area contributed by atoms with Gasteiger partial charge in [0, 0.05) is 51.7 Å². The van der Waals surface area contributed by atoms with E-state index in [1.807, 2.05) is 0 Å². The monoisotopic (exact) mass is 399 g/mol. The second kappa shape index (κ2) is 11.8. The Kier molecular flexibility index (Phi) is 8.81. The molecule has 1 heterocycles. The lowest BCUT2D eigenvalue weighted by atomic mass is 9.89.